The number of rotatable bonds is 3. The van der Waals surface area contributed by atoms with Crippen molar-refractivity contribution in [1.29, 1.82) is 5.26 Å². The van der Waals surface area contributed by atoms with Crippen LogP contribution in [0.15, 0.2) is 0 Å². The molecule has 0 aromatic carbocycles. The highest BCUT2D eigenvalue weighted by atomic mass is 16.7. The highest BCUT2D eigenvalue weighted by Gasteiger charge is 2.29. The van der Waals surface area contributed by atoms with Crippen LogP contribution in [0.5, 0.6) is 0 Å². The van der Waals surface area contributed by atoms with Gasteiger partial charge in [-0.15, -0.1) is 0 Å². The Morgan fingerprint density at radius 2 is 1.90 bits per heavy atom. The second-order valence-electron chi connectivity index (χ2n) is 2.20. The highest BCUT2D eigenvalue weighted by molar-refractivity contribution is 5.03. The molecule has 0 aliphatic carbocycles. The Hall–Kier alpha value is -0.630. The van der Waals surface area contributed by atoms with Crippen molar-refractivity contribution in [3.8, 4) is 6.07 Å². The standard InChI is InChI=1S/C6H12N2O2/c1-6(8,4-7)5(9-2)10-3/h5H,8H2,1-3H3. The molecule has 4 heteroatoms. The second kappa shape index (κ2) is 3.52. The third-order valence-corrected chi connectivity index (χ3v) is 1.16. The summed E-state index contributed by atoms with van der Waals surface area (Å²) in [6, 6.07) is 1.87. The summed E-state index contributed by atoms with van der Waals surface area (Å²) in [5.41, 5.74) is 4.39. The molecule has 0 radical (unpaired) electrons. The summed E-state index contributed by atoms with van der Waals surface area (Å²) in [5.74, 6) is 0. The number of hydrogen-bond donors (Lipinski definition) is 1. The first-order chi connectivity index (χ1) is 4.58. The summed E-state index contributed by atoms with van der Waals surface area (Å²) < 4.78 is 9.57. The lowest BCUT2D eigenvalue weighted by atomic mass is 10.1. The van der Waals surface area contributed by atoms with Gasteiger partial charge in [0.2, 0.25) is 0 Å². The molecule has 0 saturated heterocycles. The van der Waals surface area contributed by atoms with E-state index in [1.54, 1.807) is 6.92 Å². The smallest absolute Gasteiger partial charge is 0.187 e. The van der Waals surface area contributed by atoms with E-state index in [-0.39, 0.29) is 0 Å². The summed E-state index contributed by atoms with van der Waals surface area (Å²) in [6.45, 7) is 1.55. The molecule has 1 atom stereocenters. The molecule has 4 nitrogen and oxygen atoms in total. The number of nitrogens with zero attached hydrogens (tertiary/aromatic N) is 1. The van der Waals surface area contributed by atoms with Gasteiger partial charge in [-0.2, -0.15) is 5.26 Å². The largest absolute Gasteiger partial charge is 0.353 e. The average Bonchev–Trinajstić information content (AvgIpc) is 1.90. The minimum Gasteiger partial charge on any atom is -0.353 e. The van der Waals surface area contributed by atoms with E-state index in [0.717, 1.165) is 0 Å². The van der Waals surface area contributed by atoms with E-state index < -0.39 is 11.8 Å². The SMILES string of the molecule is COC(OC)C(C)(N)C#N. The van der Waals surface area contributed by atoms with E-state index in [1.165, 1.54) is 14.2 Å². The number of nitriles is 1. The predicted octanol–water partition coefficient (Wildman–Crippen LogP) is -0.154. The number of methoxy groups -OCH3 is 2. The molecule has 2 N–H and O–H groups in total. The van der Waals surface area contributed by atoms with Crippen LogP contribution in [0.25, 0.3) is 0 Å². The van der Waals surface area contributed by atoms with Gasteiger partial charge in [0, 0.05) is 14.2 Å². The number of ether oxygens (including phenoxy) is 2. The van der Waals surface area contributed by atoms with Crippen LogP contribution in [0.3, 0.4) is 0 Å². The van der Waals surface area contributed by atoms with Crippen molar-refractivity contribution in [3.63, 3.8) is 0 Å². The first-order valence-corrected chi connectivity index (χ1v) is 2.84. The molecule has 0 rings (SSSR count). The van der Waals surface area contributed by atoms with Gasteiger partial charge in [-0.05, 0) is 6.92 Å². The van der Waals surface area contributed by atoms with Crippen LogP contribution in [0.1, 0.15) is 6.92 Å². The lowest BCUT2D eigenvalue weighted by Crippen LogP contribution is -2.48. The average molecular weight is 144 g/mol. The zero-order chi connectivity index (χ0) is 8.20. The van der Waals surface area contributed by atoms with E-state index in [2.05, 4.69) is 0 Å². The van der Waals surface area contributed by atoms with Gasteiger partial charge in [-0.25, -0.2) is 0 Å². The monoisotopic (exact) mass is 144 g/mol. The fourth-order valence-corrected chi connectivity index (χ4v) is 0.639. The molecular formula is C6H12N2O2. The van der Waals surface area contributed by atoms with E-state index in [1.807, 2.05) is 6.07 Å². The Balaban J connectivity index is 4.15. The van der Waals surface area contributed by atoms with Crippen LogP contribution in [0.4, 0.5) is 0 Å². The number of nitrogens with two attached hydrogens (primary N) is 1. The molecule has 58 valence electrons. The zero-order valence-corrected chi connectivity index (χ0v) is 6.42. The normalized spacial score (nSPS) is 16.4. The molecular weight excluding hydrogens is 132 g/mol. The molecule has 0 fully saturated rings. The zero-order valence-electron chi connectivity index (χ0n) is 6.42. The van der Waals surface area contributed by atoms with Gasteiger partial charge in [0.25, 0.3) is 0 Å². The maximum atomic E-state index is 8.49. The van der Waals surface area contributed by atoms with Gasteiger partial charge >= 0.3 is 0 Å². The summed E-state index contributed by atoms with van der Waals surface area (Å²) in [5, 5.41) is 8.49. The van der Waals surface area contributed by atoms with Crippen LogP contribution in [-0.4, -0.2) is 26.0 Å². The minimum atomic E-state index is -1.08. The van der Waals surface area contributed by atoms with Gasteiger partial charge in [0.05, 0.1) is 6.07 Å². The Kier molecular flexibility index (Phi) is 3.30. The Morgan fingerprint density at radius 1 is 1.50 bits per heavy atom. The van der Waals surface area contributed by atoms with Crippen molar-refractivity contribution in [3.05, 3.63) is 0 Å². The summed E-state index contributed by atoms with van der Waals surface area (Å²) in [6.07, 6.45) is -0.669. The van der Waals surface area contributed by atoms with Crippen molar-refractivity contribution >= 4 is 0 Å². The first-order valence-electron chi connectivity index (χ1n) is 2.84. The summed E-state index contributed by atoms with van der Waals surface area (Å²) >= 11 is 0. The van der Waals surface area contributed by atoms with Crippen molar-refractivity contribution in [1.82, 2.24) is 0 Å². The van der Waals surface area contributed by atoms with Crippen molar-refractivity contribution in [2.75, 3.05) is 14.2 Å². The maximum Gasteiger partial charge on any atom is 0.187 e. The van der Waals surface area contributed by atoms with E-state index in [4.69, 9.17) is 20.5 Å². The second-order valence-corrected chi connectivity index (χ2v) is 2.20. The molecule has 0 bridgehead atoms. The van der Waals surface area contributed by atoms with Gasteiger partial charge in [-0.3, -0.25) is 0 Å². The van der Waals surface area contributed by atoms with Gasteiger partial charge in [0.1, 0.15) is 0 Å². The van der Waals surface area contributed by atoms with E-state index in [0.29, 0.717) is 0 Å². The van der Waals surface area contributed by atoms with Crippen LogP contribution in [-0.2, 0) is 9.47 Å². The quantitative estimate of drug-likeness (QED) is 0.559. The fourth-order valence-electron chi connectivity index (χ4n) is 0.639. The van der Waals surface area contributed by atoms with Crippen molar-refractivity contribution in [2.45, 2.75) is 18.8 Å². The molecule has 0 aromatic rings. The Bertz CT molecular complexity index is 135. The van der Waals surface area contributed by atoms with Gasteiger partial charge in [0.15, 0.2) is 11.8 Å². The molecule has 1 unspecified atom stereocenters. The van der Waals surface area contributed by atoms with Crippen molar-refractivity contribution < 1.29 is 9.47 Å². The summed E-state index contributed by atoms with van der Waals surface area (Å²) in [4.78, 5) is 0. The minimum absolute atomic E-state index is 0.669. The molecule has 0 aromatic heterocycles. The van der Waals surface area contributed by atoms with Crippen LogP contribution in [0, 0.1) is 11.3 Å². The lowest BCUT2D eigenvalue weighted by molar-refractivity contribution is -0.129. The molecule has 0 heterocycles. The third kappa shape index (κ3) is 1.95. The molecule has 0 aliphatic rings. The highest BCUT2D eigenvalue weighted by Crippen LogP contribution is 2.08. The summed E-state index contributed by atoms with van der Waals surface area (Å²) in [7, 11) is 2.88. The molecule has 0 aliphatic heterocycles. The van der Waals surface area contributed by atoms with Gasteiger partial charge in [-0.1, -0.05) is 0 Å². The topological polar surface area (TPSA) is 68.3 Å². The molecule has 10 heavy (non-hydrogen) atoms. The third-order valence-electron chi connectivity index (χ3n) is 1.16. The van der Waals surface area contributed by atoms with Crippen LogP contribution >= 0.6 is 0 Å². The fraction of sp³-hybridized carbons (Fsp3) is 0.833. The first kappa shape index (κ1) is 9.37. The predicted molar refractivity (Wildman–Crippen MR) is 36.0 cm³/mol. The lowest BCUT2D eigenvalue weighted by Gasteiger charge is -2.24. The molecule has 0 spiro atoms. The van der Waals surface area contributed by atoms with Crippen LogP contribution in [0.2, 0.25) is 0 Å². The molecule has 0 saturated carbocycles. The number of hydrogen-bond acceptors (Lipinski definition) is 4. The Labute approximate surface area is 60.5 Å². The van der Waals surface area contributed by atoms with E-state index >= 15 is 0 Å². The van der Waals surface area contributed by atoms with Gasteiger partial charge < -0.3 is 15.2 Å². The van der Waals surface area contributed by atoms with Crippen molar-refractivity contribution in [2.24, 2.45) is 5.73 Å². The van der Waals surface area contributed by atoms with Crippen LogP contribution < -0.4 is 5.73 Å². The Morgan fingerprint density at radius 3 is 2.00 bits per heavy atom. The van der Waals surface area contributed by atoms with E-state index in [9.17, 15) is 0 Å². The maximum absolute atomic E-state index is 8.49. The molecule has 0 amide bonds.